The molecule has 2 aromatic carbocycles. The van der Waals surface area contributed by atoms with Crippen LogP contribution in [0.5, 0.6) is 0 Å². The van der Waals surface area contributed by atoms with Crippen LogP contribution in [0.3, 0.4) is 0 Å². The van der Waals surface area contributed by atoms with Crippen LogP contribution in [0.1, 0.15) is 33.3 Å². The second-order valence-corrected chi connectivity index (χ2v) is 8.75. The van der Waals surface area contributed by atoms with Crippen molar-refractivity contribution in [2.75, 3.05) is 5.32 Å². The summed E-state index contributed by atoms with van der Waals surface area (Å²) in [4.78, 5) is 12.3. The van der Waals surface area contributed by atoms with E-state index in [2.05, 4.69) is 36.3 Å². The van der Waals surface area contributed by atoms with Gasteiger partial charge < -0.3 is 9.73 Å². The molecule has 5 nitrogen and oxygen atoms in total. The molecule has 0 aliphatic heterocycles. The van der Waals surface area contributed by atoms with E-state index in [0.29, 0.717) is 16.8 Å². The second-order valence-electron chi connectivity index (χ2n) is 7.46. The Hall–Kier alpha value is -2.67. The van der Waals surface area contributed by atoms with Crippen molar-refractivity contribution in [3.63, 3.8) is 0 Å². The molecule has 7 heteroatoms. The van der Waals surface area contributed by atoms with Crippen LogP contribution in [0.25, 0.3) is 11.5 Å². The van der Waals surface area contributed by atoms with Gasteiger partial charge in [-0.3, -0.25) is 4.79 Å². The van der Waals surface area contributed by atoms with Gasteiger partial charge in [0, 0.05) is 11.3 Å². The fourth-order valence-electron chi connectivity index (χ4n) is 2.50. The van der Waals surface area contributed by atoms with Crippen LogP contribution in [-0.4, -0.2) is 21.4 Å². The van der Waals surface area contributed by atoms with Gasteiger partial charge in [0.05, 0.1) is 5.25 Å². The van der Waals surface area contributed by atoms with Crippen LogP contribution in [0.15, 0.2) is 58.2 Å². The Bertz CT molecular complexity index is 964. The van der Waals surface area contributed by atoms with E-state index in [1.165, 1.54) is 23.8 Å². The number of hydrogen-bond acceptors (Lipinski definition) is 5. The third-order valence-electron chi connectivity index (χ3n) is 4.14. The summed E-state index contributed by atoms with van der Waals surface area (Å²) in [6.07, 6.45) is 0. The van der Waals surface area contributed by atoms with Gasteiger partial charge in [-0.2, -0.15) is 0 Å². The van der Waals surface area contributed by atoms with E-state index in [1.54, 1.807) is 13.0 Å². The number of aromatic nitrogens is 2. The molecule has 0 aliphatic rings. The highest BCUT2D eigenvalue weighted by Crippen LogP contribution is 2.29. The topological polar surface area (TPSA) is 68.0 Å². The lowest BCUT2D eigenvalue weighted by Crippen LogP contribution is -2.22. The van der Waals surface area contributed by atoms with Crippen LogP contribution < -0.4 is 5.32 Å². The molecular weight excluding hydrogens is 377 g/mol. The summed E-state index contributed by atoms with van der Waals surface area (Å²) in [6.45, 7) is 8.18. The molecule has 0 saturated carbocycles. The summed E-state index contributed by atoms with van der Waals surface area (Å²) in [5.41, 5.74) is 2.51. The maximum absolute atomic E-state index is 13.2. The lowest BCUT2D eigenvalue weighted by Gasteiger charge is -2.18. The Morgan fingerprint density at radius 3 is 2.50 bits per heavy atom. The van der Waals surface area contributed by atoms with Gasteiger partial charge in [0.25, 0.3) is 5.22 Å². The Kier molecular flexibility index (Phi) is 5.84. The van der Waals surface area contributed by atoms with Gasteiger partial charge in [-0.25, -0.2) is 4.39 Å². The lowest BCUT2D eigenvalue weighted by atomic mass is 9.87. The lowest BCUT2D eigenvalue weighted by molar-refractivity contribution is -0.115. The fraction of sp³-hybridized carbons (Fsp3) is 0.286. The number of anilines is 1. The SMILES string of the molecule is C[C@@H](Sc1nnc(-c2ccc(C(C)(C)C)cc2)o1)C(=O)Nc1cccc(F)c1. The molecule has 1 N–H and O–H groups in total. The average Bonchev–Trinajstić information content (AvgIpc) is 3.09. The van der Waals surface area contributed by atoms with Crippen molar-refractivity contribution in [2.24, 2.45) is 0 Å². The van der Waals surface area contributed by atoms with E-state index >= 15 is 0 Å². The first kappa shape index (κ1) is 20.1. The maximum Gasteiger partial charge on any atom is 0.277 e. The van der Waals surface area contributed by atoms with E-state index in [4.69, 9.17) is 4.42 Å². The molecule has 0 bridgehead atoms. The van der Waals surface area contributed by atoms with E-state index in [-0.39, 0.29) is 11.3 Å². The molecule has 3 rings (SSSR count). The van der Waals surface area contributed by atoms with Crippen molar-refractivity contribution in [1.29, 1.82) is 0 Å². The number of benzene rings is 2. The van der Waals surface area contributed by atoms with E-state index in [1.807, 2.05) is 24.3 Å². The summed E-state index contributed by atoms with van der Waals surface area (Å²) < 4.78 is 18.9. The molecule has 0 fully saturated rings. The van der Waals surface area contributed by atoms with Crippen molar-refractivity contribution in [2.45, 2.75) is 43.6 Å². The monoisotopic (exact) mass is 399 g/mol. The molecule has 0 spiro atoms. The summed E-state index contributed by atoms with van der Waals surface area (Å²) in [5, 5.41) is 10.6. The molecule has 3 aromatic rings. The molecule has 0 aliphatic carbocycles. The molecule has 1 amide bonds. The second kappa shape index (κ2) is 8.14. The zero-order valence-electron chi connectivity index (χ0n) is 16.2. The molecule has 146 valence electrons. The number of rotatable bonds is 5. The molecule has 0 radical (unpaired) electrons. The Balaban J connectivity index is 1.64. The highest BCUT2D eigenvalue weighted by atomic mass is 32.2. The molecule has 0 unspecified atom stereocenters. The molecule has 1 atom stereocenters. The van der Waals surface area contributed by atoms with E-state index in [0.717, 1.165) is 17.3 Å². The van der Waals surface area contributed by atoms with Gasteiger partial charge in [-0.1, -0.05) is 50.7 Å². The number of carbonyl (C=O) groups is 1. The Morgan fingerprint density at radius 2 is 1.86 bits per heavy atom. The predicted octanol–water partition coefficient (Wildman–Crippen LogP) is 5.29. The normalized spacial score (nSPS) is 12.6. The molecule has 28 heavy (non-hydrogen) atoms. The first-order valence-corrected chi connectivity index (χ1v) is 9.78. The largest absolute Gasteiger partial charge is 0.411 e. The first-order chi connectivity index (χ1) is 13.2. The van der Waals surface area contributed by atoms with Crippen molar-refractivity contribution < 1.29 is 13.6 Å². The van der Waals surface area contributed by atoms with Crippen molar-refractivity contribution in [3.05, 3.63) is 59.9 Å². The minimum atomic E-state index is -0.486. The van der Waals surface area contributed by atoms with Crippen LogP contribution in [0.4, 0.5) is 10.1 Å². The van der Waals surface area contributed by atoms with Crippen LogP contribution in [0.2, 0.25) is 0 Å². The van der Waals surface area contributed by atoms with Crippen LogP contribution in [0, 0.1) is 5.82 Å². The standard InChI is InChI=1S/C21H22FN3O2S/c1-13(18(26)23-17-7-5-6-16(22)12-17)28-20-25-24-19(27-20)14-8-10-15(11-9-14)21(2,3)4/h5-13H,1-4H3,(H,23,26)/t13-/m1/s1. The summed E-state index contributed by atoms with van der Waals surface area (Å²) in [5.74, 6) is -0.275. The third kappa shape index (κ3) is 4.98. The Morgan fingerprint density at radius 1 is 1.14 bits per heavy atom. The summed E-state index contributed by atoms with van der Waals surface area (Å²) in [7, 11) is 0. The van der Waals surface area contributed by atoms with Crippen LogP contribution >= 0.6 is 11.8 Å². The fourth-order valence-corrected chi connectivity index (χ4v) is 3.19. The van der Waals surface area contributed by atoms with Crippen molar-refractivity contribution in [1.82, 2.24) is 10.2 Å². The quantitative estimate of drug-likeness (QED) is 0.590. The van der Waals surface area contributed by atoms with E-state index in [9.17, 15) is 9.18 Å². The number of halogens is 1. The molecular formula is C21H22FN3O2S. The average molecular weight is 399 g/mol. The van der Waals surface area contributed by atoms with E-state index < -0.39 is 11.1 Å². The number of hydrogen-bond donors (Lipinski definition) is 1. The highest BCUT2D eigenvalue weighted by Gasteiger charge is 2.19. The third-order valence-corrected chi connectivity index (χ3v) is 5.08. The zero-order chi connectivity index (χ0) is 20.3. The molecule has 1 heterocycles. The van der Waals surface area contributed by atoms with Gasteiger partial charge in [-0.05, 0) is 48.2 Å². The van der Waals surface area contributed by atoms with Crippen molar-refractivity contribution in [3.8, 4) is 11.5 Å². The predicted molar refractivity (Wildman–Crippen MR) is 109 cm³/mol. The van der Waals surface area contributed by atoms with Gasteiger partial charge in [-0.15, -0.1) is 10.2 Å². The highest BCUT2D eigenvalue weighted by molar-refractivity contribution is 8.00. The first-order valence-electron chi connectivity index (χ1n) is 8.90. The molecule has 0 saturated heterocycles. The minimum absolute atomic E-state index is 0.0683. The van der Waals surface area contributed by atoms with Gasteiger partial charge >= 0.3 is 0 Å². The number of nitrogens with one attached hydrogen (secondary N) is 1. The number of carbonyl (C=O) groups excluding carboxylic acids is 1. The van der Waals surface area contributed by atoms with Crippen molar-refractivity contribution >= 4 is 23.4 Å². The zero-order valence-corrected chi connectivity index (χ0v) is 17.0. The van der Waals surface area contributed by atoms with Gasteiger partial charge in [0.1, 0.15) is 5.82 Å². The van der Waals surface area contributed by atoms with Gasteiger partial charge in [0.15, 0.2) is 0 Å². The molecule has 1 aromatic heterocycles. The van der Waals surface area contributed by atoms with Crippen LogP contribution in [-0.2, 0) is 10.2 Å². The minimum Gasteiger partial charge on any atom is -0.411 e. The number of amides is 1. The number of nitrogens with zero attached hydrogens (tertiary/aromatic N) is 2. The maximum atomic E-state index is 13.2. The smallest absolute Gasteiger partial charge is 0.277 e. The summed E-state index contributed by atoms with van der Waals surface area (Å²) in [6, 6.07) is 13.7. The summed E-state index contributed by atoms with van der Waals surface area (Å²) >= 11 is 1.15. The Labute approximate surface area is 167 Å². The number of thioether (sulfide) groups is 1. The van der Waals surface area contributed by atoms with Gasteiger partial charge in [0.2, 0.25) is 11.8 Å².